The number of hydrogen-bond acceptors (Lipinski definition) is 30. The lowest BCUT2D eigenvalue weighted by Crippen LogP contribution is -2.48. The fourth-order valence-electron chi connectivity index (χ4n) is 13.5. The fourth-order valence-corrected chi connectivity index (χ4v) is 13.5. The molecule has 15 rings (SSSR count). The summed E-state index contributed by atoms with van der Waals surface area (Å²) in [6.45, 7) is 16.8. The minimum Gasteiger partial charge on any atom is -0.491 e. The molecular weight excluding hydrogens is 1380 g/mol. The molecule has 9 aliphatic rings. The van der Waals surface area contributed by atoms with Gasteiger partial charge in [-0.2, -0.15) is 0 Å². The summed E-state index contributed by atoms with van der Waals surface area (Å²) in [4.78, 5) is 90.6. The predicted molar refractivity (Wildman–Crippen MR) is 395 cm³/mol. The topological polar surface area (TPSA) is 363 Å². The number of methoxy groups -OCH3 is 3. The van der Waals surface area contributed by atoms with Crippen molar-refractivity contribution in [2.75, 3.05) is 166 Å². The number of benzene rings is 3. The number of pyridine rings is 3. The van der Waals surface area contributed by atoms with Crippen LogP contribution in [0.1, 0.15) is 61.6 Å². The van der Waals surface area contributed by atoms with Gasteiger partial charge in [-0.3, -0.25) is 89.7 Å². The highest BCUT2D eigenvalue weighted by Crippen LogP contribution is 2.46. The van der Waals surface area contributed by atoms with Crippen LogP contribution in [0.15, 0.2) is 140 Å². The minimum absolute atomic E-state index is 0.0939. The van der Waals surface area contributed by atoms with Crippen LogP contribution in [-0.4, -0.2) is 309 Å². The Hall–Kier alpha value is -10.6. The van der Waals surface area contributed by atoms with E-state index in [9.17, 15) is 29.7 Å². The second-order valence-corrected chi connectivity index (χ2v) is 26.1. The van der Waals surface area contributed by atoms with Crippen LogP contribution in [0.4, 0.5) is 17.1 Å². The van der Waals surface area contributed by atoms with Gasteiger partial charge in [0.15, 0.2) is 34.5 Å². The lowest BCUT2D eigenvalue weighted by molar-refractivity contribution is -0.0787. The van der Waals surface area contributed by atoms with Gasteiger partial charge in [-0.15, -0.1) is 0 Å². The van der Waals surface area contributed by atoms with Crippen LogP contribution in [-0.2, 0) is 14.2 Å². The Kier molecular flexibility index (Phi) is 24.5. The average molecular weight is 1470 g/mol. The van der Waals surface area contributed by atoms with Gasteiger partial charge in [0.2, 0.25) is 17.9 Å². The highest BCUT2D eigenvalue weighted by Gasteiger charge is 2.38. The number of ether oxygens (including phenoxy) is 9. The molecular formula is C74H88N18O15. The van der Waals surface area contributed by atoms with Gasteiger partial charge in [0.25, 0.3) is 17.7 Å². The molecule has 6 N–H and O–H groups in total. The van der Waals surface area contributed by atoms with Gasteiger partial charge in [-0.25, -0.2) is 15.0 Å². The van der Waals surface area contributed by atoms with E-state index in [4.69, 9.17) is 57.6 Å². The van der Waals surface area contributed by atoms with Crippen LogP contribution >= 0.6 is 0 Å². The number of nitrogens with one attached hydrogen (secondary N) is 3. The molecule has 0 aliphatic carbocycles. The standard InChI is InChI=1S/C26H32N6O5.2C24H28N6O5/c1-16-12-31(13-17(2)37-16)14-19(33)15-36-21-7-6-20-22(23(21)35-3)29-26(32-10-9-28-24(20)32)30-25(34)18-5-4-8-27-11-18;2*1-33-21-19(35-15-17(31)14-29-9-11-34-12-10-29)5-4-18-20(21)27-24(30-8-7-26-22(18)30)28-23(32)16-3-2-6-25-13-16/h4-8,11,16-17,19,33H,9-10,12-15H2,1-3H3,(H,29,30,34);2*2-6,13,17,31H,7-12,14-15H2,1H3,(H,27,28,32)/t16-,17+,19-;2*17-/m110/s1. The van der Waals surface area contributed by atoms with E-state index in [0.717, 1.165) is 56.0 Å². The summed E-state index contributed by atoms with van der Waals surface area (Å²) in [5.74, 6) is 4.93. The number of amides is 3. The first-order valence-electron chi connectivity index (χ1n) is 35.6. The van der Waals surface area contributed by atoms with Gasteiger partial charge in [-0.05, 0) is 86.6 Å². The molecule has 9 aliphatic heterocycles. The number of aromatic nitrogens is 3. The second kappa shape index (κ2) is 35.2. The minimum atomic E-state index is -0.689. The zero-order valence-electron chi connectivity index (χ0n) is 60.3. The summed E-state index contributed by atoms with van der Waals surface area (Å²) in [6, 6.07) is 21.2. The molecule has 0 spiro atoms. The number of aliphatic hydroxyl groups excluding tert-OH is 3. The summed E-state index contributed by atoms with van der Waals surface area (Å²) in [5.41, 5.74) is 5.21. The number of guanidine groups is 3. The van der Waals surface area contributed by atoms with Crippen LogP contribution < -0.4 is 44.4 Å². The van der Waals surface area contributed by atoms with E-state index in [-0.39, 0.29) is 49.8 Å². The molecule has 33 nitrogen and oxygen atoms in total. The van der Waals surface area contributed by atoms with Crippen molar-refractivity contribution >= 4 is 70.2 Å². The Balaban J connectivity index is 0.000000142. The van der Waals surface area contributed by atoms with E-state index in [1.807, 2.05) is 46.7 Å². The molecule has 0 unspecified atom stereocenters. The lowest BCUT2D eigenvalue weighted by atomic mass is 10.1. The quantitative estimate of drug-likeness (QED) is 0.0603. The number of fused-ring (bicyclic) bond motifs is 9. The third kappa shape index (κ3) is 17.9. The van der Waals surface area contributed by atoms with Gasteiger partial charge in [0.05, 0.1) is 96.3 Å². The van der Waals surface area contributed by atoms with Crippen molar-refractivity contribution in [1.29, 1.82) is 0 Å². The normalized spacial score (nSPS) is 19.5. The van der Waals surface area contributed by atoms with Gasteiger partial charge in [0.1, 0.15) is 72.7 Å². The van der Waals surface area contributed by atoms with Crippen LogP contribution in [0, 0.1) is 0 Å². The second-order valence-electron chi connectivity index (χ2n) is 26.1. The van der Waals surface area contributed by atoms with E-state index in [2.05, 4.69) is 60.6 Å². The molecule has 564 valence electrons. The Bertz CT molecular complexity index is 4140. The molecule has 3 saturated heterocycles. The summed E-state index contributed by atoms with van der Waals surface area (Å²) in [6.07, 6.45) is 7.57. The van der Waals surface area contributed by atoms with Crippen LogP contribution in [0.2, 0.25) is 0 Å². The molecule has 12 heterocycles. The molecule has 0 bridgehead atoms. The Morgan fingerprint density at radius 1 is 0.458 bits per heavy atom. The van der Waals surface area contributed by atoms with E-state index < -0.39 is 18.3 Å². The Morgan fingerprint density at radius 3 is 1.07 bits per heavy atom. The molecule has 3 aromatic carbocycles. The third-order valence-corrected chi connectivity index (χ3v) is 18.4. The molecule has 3 aromatic heterocycles. The van der Waals surface area contributed by atoms with Gasteiger partial charge < -0.3 is 58.0 Å². The smallest absolute Gasteiger partial charge is 0.259 e. The zero-order chi connectivity index (χ0) is 74.3. The molecule has 3 amide bonds. The van der Waals surface area contributed by atoms with Crippen molar-refractivity contribution in [1.82, 2.24) is 60.3 Å². The number of carbonyl (C=O) groups excluding carboxylic acids is 3. The van der Waals surface area contributed by atoms with E-state index in [1.165, 1.54) is 18.6 Å². The third-order valence-electron chi connectivity index (χ3n) is 18.4. The zero-order valence-corrected chi connectivity index (χ0v) is 60.3. The number of aliphatic imine (C=N–C) groups is 6. The molecule has 5 atom stereocenters. The lowest BCUT2D eigenvalue weighted by Gasteiger charge is -2.36. The van der Waals surface area contributed by atoms with E-state index in [0.29, 0.717) is 189 Å². The Labute approximate surface area is 618 Å². The van der Waals surface area contributed by atoms with Crippen LogP contribution in [0.5, 0.6) is 34.5 Å². The van der Waals surface area contributed by atoms with E-state index in [1.54, 1.807) is 94.5 Å². The monoisotopic (exact) mass is 1470 g/mol. The first-order chi connectivity index (χ1) is 52.2. The highest BCUT2D eigenvalue weighted by molar-refractivity contribution is 6.22. The molecule has 0 radical (unpaired) electrons. The summed E-state index contributed by atoms with van der Waals surface area (Å²) in [7, 11) is 4.62. The summed E-state index contributed by atoms with van der Waals surface area (Å²) < 4.78 is 51.4. The molecule has 6 aromatic rings. The number of β-amino-alcohol motifs (C(OH)–C–C–N with tert-alkyl or cyclic N) is 3. The number of hydrogen-bond donors (Lipinski definition) is 6. The summed E-state index contributed by atoms with van der Waals surface area (Å²) >= 11 is 0. The van der Waals surface area contributed by atoms with Crippen LogP contribution in [0.3, 0.4) is 0 Å². The van der Waals surface area contributed by atoms with Crippen molar-refractivity contribution in [3.63, 3.8) is 0 Å². The largest absolute Gasteiger partial charge is 0.491 e. The molecule has 33 heteroatoms. The first kappa shape index (κ1) is 74.6. The average Bonchev–Trinajstić information content (AvgIpc) is 1.75. The van der Waals surface area contributed by atoms with Crippen molar-refractivity contribution in [2.24, 2.45) is 30.0 Å². The number of carbonyl (C=O) groups is 3. The highest BCUT2D eigenvalue weighted by atomic mass is 16.5. The van der Waals surface area contributed by atoms with Gasteiger partial charge in [0, 0.05) is 132 Å². The maximum absolute atomic E-state index is 12.8. The van der Waals surface area contributed by atoms with Gasteiger partial charge >= 0.3 is 0 Å². The van der Waals surface area contributed by atoms with E-state index >= 15 is 0 Å². The van der Waals surface area contributed by atoms with Gasteiger partial charge in [-0.1, -0.05) is 0 Å². The predicted octanol–water partition coefficient (Wildman–Crippen LogP) is 2.74. The van der Waals surface area contributed by atoms with Crippen molar-refractivity contribution < 1.29 is 72.3 Å². The maximum Gasteiger partial charge on any atom is 0.259 e. The number of amidine groups is 3. The number of aliphatic hydroxyl groups is 3. The Morgan fingerprint density at radius 2 is 0.776 bits per heavy atom. The maximum atomic E-state index is 12.8. The van der Waals surface area contributed by atoms with Crippen molar-refractivity contribution in [3.05, 3.63) is 143 Å². The number of morpholine rings is 3. The SMILES string of the molecule is COc1c(OC[C@@H](O)CN2CCOCC2)ccc2c1N=C(NC(=O)c1cccnc1)N1CCN=C21.COc1c(OC[C@H](O)CN2CCOCC2)ccc2c1N=C(NC(=O)c1cccnc1)N1CCN=C21.COc1c(OC[C@H](O)CN2C[C@@H](C)O[C@@H](C)C2)ccc2c1N=C(NC(=O)c1cccnc1)N1CCN=C21. The fraction of sp³-hybridized carbons (Fsp3) is 0.432. The number of nitrogens with zero attached hydrogens (tertiary/aromatic N) is 15. The first-order valence-corrected chi connectivity index (χ1v) is 35.6. The number of rotatable bonds is 21. The molecule has 3 fully saturated rings. The van der Waals surface area contributed by atoms with Crippen molar-refractivity contribution in [3.8, 4) is 34.5 Å². The summed E-state index contributed by atoms with van der Waals surface area (Å²) in [5, 5.41) is 40.3. The molecule has 0 saturated carbocycles. The van der Waals surface area contributed by atoms with Crippen molar-refractivity contribution in [2.45, 2.75) is 44.4 Å². The van der Waals surface area contributed by atoms with Crippen LogP contribution in [0.25, 0.3) is 0 Å². The molecule has 107 heavy (non-hydrogen) atoms.